The van der Waals surface area contributed by atoms with E-state index in [9.17, 15) is 4.79 Å². The maximum absolute atomic E-state index is 11.0. The molecule has 0 bridgehead atoms. The van der Waals surface area contributed by atoms with Gasteiger partial charge in [0.05, 0.1) is 6.04 Å². The Hall–Kier alpha value is -1.65. The minimum absolute atomic E-state index is 0.0645. The summed E-state index contributed by atoms with van der Waals surface area (Å²) in [5.74, 6) is 0. The van der Waals surface area contributed by atoms with Gasteiger partial charge in [-0.3, -0.25) is 0 Å². The highest BCUT2D eigenvalue weighted by Crippen LogP contribution is 2.18. The van der Waals surface area contributed by atoms with Gasteiger partial charge in [0.15, 0.2) is 0 Å². The van der Waals surface area contributed by atoms with E-state index in [4.69, 9.17) is 7.98 Å². The van der Waals surface area contributed by atoms with Crippen LogP contribution in [-0.4, -0.2) is 27.6 Å². The number of amides is 2. The van der Waals surface area contributed by atoms with E-state index < -0.39 is 0 Å². The van der Waals surface area contributed by atoms with Crippen LogP contribution in [0.15, 0.2) is 24.3 Å². The van der Waals surface area contributed by atoms with Gasteiger partial charge in [-0.2, -0.15) is 0 Å². The van der Waals surface area contributed by atoms with Crippen LogP contribution in [0.5, 0.6) is 0 Å². The van der Waals surface area contributed by atoms with Gasteiger partial charge in [0.2, 0.25) is 7.98 Å². The molecule has 2 N–H and O–H groups in total. The first kappa shape index (κ1) is 9.89. The lowest BCUT2D eigenvalue weighted by atomic mass is 10.1. The smallest absolute Gasteiger partial charge is 0.315 e. The predicted octanol–water partition coefficient (Wildman–Crippen LogP) is 0.560. The molecule has 4 nitrogen and oxygen atoms in total. The molecule has 2 amide bonds. The van der Waals surface area contributed by atoms with Gasteiger partial charge in [0.1, 0.15) is 0 Å². The van der Waals surface area contributed by atoms with Crippen LogP contribution in [-0.2, 0) is 0 Å². The van der Waals surface area contributed by atoms with Crippen molar-refractivity contribution in [1.82, 2.24) is 10.6 Å². The number of carbonyl (C=O) groups is 1. The molecule has 1 aromatic rings. The summed E-state index contributed by atoms with van der Waals surface area (Å²) in [4.78, 5) is 12.5. The molecule has 2 radical (unpaired) electrons. The van der Waals surface area contributed by atoms with Crippen LogP contribution in [0.2, 0.25) is 0 Å². The molecular formula is C10H12BN3O. The number of anilines is 1. The second-order valence-corrected chi connectivity index (χ2v) is 3.61. The van der Waals surface area contributed by atoms with Crippen LogP contribution in [0.3, 0.4) is 0 Å². The van der Waals surface area contributed by atoms with Gasteiger partial charge in [0.25, 0.3) is 0 Å². The number of rotatable bonds is 2. The molecule has 1 aliphatic heterocycles. The quantitative estimate of drug-likeness (QED) is 0.686. The van der Waals surface area contributed by atoms with Gasteiger partial charge in [0, 0.05) is 12.2 Å². The zero-order valence-electron chi connectivity index (χ0n) is 8.53. The van der Waals surface area contributed by atoms with Crippen LogP contribution in [0.4, 0.5) is 10.5 Å². The minimum atomic E-state index is -0.111. The third kappa shape index (κ3) is 2.06. The molecular weight excluding hydrogens is 189 g/mol. The zero-order valence-corrected chi connectivity index (χ0v) is 8.53. The molecule has 0 spiro atoms. The van der Waals surface area contributed by atoms with E-state index >= 15 is 0 Å². The Balaban J connectivity index is 2.13. The molecule has 76 valence electrons. The highest BCUT2D eigenvalue weighted by molar-refractivity contribution is 6.17. The van der Waals surface area contributed by atoms with Crippen molar-refractivity contribution in [2.45, 2.75) is 6.04 Å². The van der Waals surface area contributed by atoms with E-state index in [2.05, 4.69) is 10.6 Å². The number of carbonyl (C=O) groups excluding carboxylic acids is 1. The molecule has 1 unspecified atom stereocenters. The van der Waals surface area contributed by atoms with Crippen molar-refractivity contribution in [3.63, 3.8) is 0 Å². The Bertz CT molecular complexity index is 363. The molecule has 0 saturated carbocycles. The lowest BCUT2D eigenvalue weighted by Crippen LogP contribution is -2.21. The van der Waals surface area contributed by atoms with Gasteiger partial charge < -0.3 is 15.4 Å². The number of nitrogens with zero attached hydrogens (tertiary/aromatic N) is 1. The third-order valence-electron chi connectivity index (χ3n) is 2.47. The van der Waals surface area contributed by atoms with E-state index in [1.165, 1.54) is 0 Å². The molecule has 1 fully saturated rings. The molecule has 0 aliphatic carbocycles. The van der Waals surface area contributed by atoms with E-state index in [1.807, 2.05) is 24.3 Å². The first-order valence-electron chi connectivity index (χ1n) is 4.79. The SMILES string of the molecule is [B]N(C)c1ccc(C2CNC(=O)N2)cc1. The number of urea groups is 1. The average molecular weight is 201 g/mol. The van der Waals surface area contributed by atoms with Crippen LogP contribution >= 0.6 is 0 Å². The fraction of sp³-hybridized carbons (Fsp3) is 0.300. The van der Waals surface area contributed by atoms with Crippen molar-refractivity contribution in [2.75, 3.05) is 18.4 Å². The molecule has 1 atom stereocenters. The predicted molar refractivity (Wildman–Crippen MR) is 59.9 cm³/mol. The molecule has 1 aromatic carbocycles. The maximum Gasteiger partial charge on any atom is 0.315 e. The van der Waals surface area contributed by atoms with Crippen LogP contribution in [0.25, 0.3) is 0 Å². The summed E-state index contributed by atoms with van der Waals surface area (Å²) in [5, 5.41) is 5.54. The Labute approximate surface area is 90.1 Å². The summed E-state index contributed by atoms with van der Waals surface area (Å²) < 4.78 is 0. The molecule has 15 heavy (non-hydrogen) atoms. The zero-order chi connectivity index (χ0) is 10.8. The van der Waals surface area contributed by atoms with E-state index in [-0.39, 0.29) is 12.1 Å². The van der Waals surface area contributed by atoms with Crippen LogP contribution in [0, 0.1) is 0 Å². The molecule has 1 heterocycles. The standard InChI is InChI=1S/C10H12BN3O/c1-14(11)8-4-2-7(3-5-8)9-6-12-10(15)13-9/h2-5,9H,6H2,1H3,(H2,12,13,15). The monoisotopic (exact) mass is 201 g/mol. The summed E-state index contributed by atoms with van der Waals surface area (Å²) in [7, 11) is 7.38. The highest BCUT2D eigenvalue weighted by Gasteiger charge is 2.20. The average Bonchev–Trinajstić information content (AvgIpc) is 2.65. The summed E-state index contributed by atoms with van der Waals surface area (Å²) in [5.41, 5.74) is 2.02. The van der Waals surface area contributed by atoms with Gasteiger partial charge >= 0.3 is 6.03 Å². The highest BCUT2D eigenvalue weighted by atomic mass is 16.2. The lowest BCUT2D eigenvalue weighted by molar-refractivity contribution is 0.247. The second-order valence-electron chi connectivity index (χ2n) is 3.61. The molecule has 0 aromatic heterocycles. The Morgan fingerprint density at radius 1 is 1.40 bits per heavy atom. The molecule has 2 rings (SSSR count). The van der Waals surface area contributed by atoms with E-state index in [0.29, 0.717) is 6.54 Å². The van der Waals surface area contributed by atoms with E-state index in [0.717, 1.165) is 11.3 Å². The third-order valence-corrected chi connectivity index (χ3v) is 2.47. The van der Waals surface area contributed by atoms with Crippen molar-refractivity contribution in [1.29, 1.82) is 0 Å². The van der Waals surface area contributed by atoms with Gasteiger partial charge in [-0.25, -0.2) is 4.79 Å². The van der Waals surface area contributed by atoms with Gasteiger partial charge in [-0.15, -0.1) is 0 Å². The summed E-state index contributed by atoms with van der Waals surface area (Å²) in [6.45, 7) is 0.636. The summed E-state index contributed by atoms with van der Waals surface area (Å²) in [6, 6.07) is 7.75. The van der Waals surface area contributed by atoms with Crippen molar-refractivity contribution in [3.05, 3.63) is 29.8 Å². The number of benzene rings is 1. The van der Waals surface area contributed by atoms with Gasteiger partial charge in [-0.1, -0.05) is 12.1 Å². The maximum atomic E-state index is 11.0. The largest absolute Gasteiger partial charge is 0.427 e. The van der Waals surface area contributed by atoms with E-state index in [1.54, 1.807) is 11.9 Å². The topological polar surface area (TPSA) is 44.4 Å². The minimum Gasteiger partial charge on any atom is -0.427 e. The number of hydrogen-bond acceptors (Lipinski definition) is 2. The summed E-state index contributed by atoms with van der Waals surface area (Å²) >= 11 is 0. The lowest BCUT2D eigenvalue weighted by Gasteiger charge is -2.15. The fourth-order valence-electron chi connectivity index (χ4n) is 1.60. The number of nitrogens with one attached hydrogen (secondary N) is 2. The van der Waals surface area contributed by atoms with Crippen LogP contribution in [0.1, 0.15) is 11.6 Å². The van der Waals surface area contributed by atoms with Crippen LogP contribution < -0.4 is 15.4 Å². The Morgan fingerprint density at radius 3 is 2.53 bits per heavy atom. The fourth-order valence-corrected chi connectivity index (χ4v) is 1.60. The van der Waals surface area contributed by atoms with Gasteiger partial charge in [-0.05, 0) is 24.7 Å². The molecule has 1 aliphatic rings. The summed E-state index contributed by atoms with van der Waals surface area (Å²) in [6.07, 6.45) is 0. The Kier molecular flexibility index (Phi) is 2.54. The normalized spacial score (nSPS) is 19.5. The van der Waals surface area contributed by atoms with Crippen molar-refractivity contribution >= 4 is 19.7 Å². The first-order chi connectivity index (χ1) is 7.16. The Morgan fingerprint density at radius 2 is 2.07 bits per heavy atom. The number of hydrogen-bond donors (Lipinski definition) is 2. The second kappa shape index (κ2) is 3.84. The van der Waals surface area contributed by atoms with Crippen molar-refractivity contribution in [2.24, 2.45) is 0 Å². The first-order valence-corrected chi connectivity index (χ1v) is 4.79. The molecule has 5 heteroatoms. The van der Waals surface area contributed by atoms with Crippen molar-refractivity contribution < 1.29 is 4.79 Å². The molecule has 1 saturated heterocycles. The van der Waals surface area contributed by atoms with Crippen molar-refractivity contribution in [3.8, 4) is 0 Å².